The van der Waals surface area contributed by atoms with Gasteiger partial charge in [0, 0.05) is 24.8 Å². The van der Waals surface area contributed by atoms with Crippen molar-refractivity contribution >= 4 is 0 Å². The molecule has 3 heteroatoms. The summed E-state index contributed by atoms with van der Waals surface area (Å²) >= 11 is 0. The van der Waals surface area contributed by atoms with Crippen LogP contribution in [0, 0.1) is 0 Å². The van der Waals surface area contributed by atoms with Crippen LogP contribution < -0.4 is 5.32 Å². The molecule has 0 aliphatic rings. The molecule has 1 unspecified atom stereocenters. The predicted octanol–water partition coefficient (Wildman–Crippen LogP) is 2.36. The van der Waals surface area contributed by atoms with Gasteiger partial charge in [-0.2, -0.15) is 0 Å². The third kappa shape index (κ3) is 3.52. The summed E-state index contributed by atoms with van der Waals surface area (Å²) in [6.45, 7) is 3.66. The standard InChI is InChI=1S/C11H19NO2/c1-3-13-7-4-5-11(12-2)10-6-8-14-9-10/h6,8-9,11-12H,3-5,7H2,1-2H3. The topological polar surface area (TPSA) is 34.4 Å². The highest BCUT2D eigenvalue weighted by atomic mass is 16.5. The van der Waals surface area contributed by atoms with E-state index in [4.69, 9.17) is 9.15 Å². The number of rotatable bonds is 7. The summed E-state index contributed by atoms with van der Waals surface area (Å²) in [6, 6.07) is 2.39. The molecule has 1 rings (SSSR count). The fourth-order valence-electron chi connectivity index (χ4n) is 1.48. The first-order valence-corrected chi connectivity index (χ1v) is 5.15. The molecule has 1 atom stereocenters. The van der Waals surface area contributed by atoms with Gasteiger partial charge >= 0.3 is 0 Å². The highest BCUT2D eigenvalue weighted by Crippen LogP contribution is 2.18. The molecule has 1 N–H and O–H groups in total. The van der Waals surface area contributed by atoms with Crippen LogP contribution in [0.25, 0.3) is 0 Å². The van der Waals surface area contributed by atoms with Crippen LogP contribution in [0.15, 0.2) is 23.0 Å². The lowest BCUT2D eigenvalue weighted by molar-refractivity contribution is 0.141. The van der Waals surface area contributed by atoms with Gasteiger partial charge in [0.1, 0.15) is 0 Å². The van der Waals surface area contributed by atoms with Crippen LogP contribution in [0.4, 0.5) is 0 Å². The number of hydrogen-bond donors (Lipinski definition) is 1. The molecule has 0 saturated heterocycles. The highest BCUT2D eigenvalue weighted by molar-refractivity contribution is 5.10. The summed E-state index contributed by atoms with van der Waals surface area (Å²) in [5, 5.41) is 3.27. The average Bonchev–Trinajstić information content (AvgIpc) is 2.71. The minimum absolute atomic E-state index is 0.384. The Morgan fingerprint density at radius 2 is 2.43 bits per heavy atom. The maximum absolute atomic E-state index is 5.29. The Morgan fingerprint density at radius 1 is 1.57 bits per heavy atom. The molecule has 80 valence electrons. The monoisotopic (exact) mass is 197 g/mol. The van der Waals surface area contributed by atoms with E-state index in [1.54, 1.807) is 12.5 Å². The predicted molar refractivity (Wildman–Crippen MR) is 56.2 cm³/mol. The zero-order valence-electron chi connectivity index (χ0n) is 8.95. The number of nitrogens with one attached hydrogen (secondary N) is 1. The Hall–Kier alpha value is -0.800. The Kier molecular flexibility index (Phi) is 5.33. The lowest BCUT2D eigenvalue weighted by Crippen LogP contribution is -2.16. The van der Waals surface area contributed by atoms with Gasteiger partial charge in [0.2, 0.25) is 0 Å². The lowest BCUT2D eigenvalue weighted by Gasteiger charge is -2.13. The van der Waals surface area contributed by atoms with Gasteiger partial charge in [-0.25, -0.2) is 0 Å². The Bertz CT molecular complexity index is 221. The van der Waals surface area contributed by atoms with Crippen LogP contribution in [0.1, 0.15) is 31.4 Å². The molecular formula is C11H19NO2. The highest BCUT2D eigenvalue weighted by Gasteiger charge is 2.09. The van der Waals surface area contributed by atoms with Crippen molar-refractivity contribution in [1.29, 1.82) is 0 Å². The van der Waals surface area contributed by atoms with E-state index in [0.29, 0.717) is 6.04 Å². The summed E-state index contributed by atoms with van der Waals surface area (Å²) in [5.74, 6) is 0. The van der Waals surface area contributed by atoms with Crippen LogP contribution in [0.2, 0.25) is 0 Å². The van der Waals surface area contributed by atoms with Crippen molar-refractivity contribution in [3.8, 4) is 0 Å². The minimum atomic E-state index is 0.384. The molecular weight excluding hydrogens is 178 g/mol. The summed E-state index contributed by atoms with van der Waals surface area (Å²) in [4.78, 5) is 0. The lowest BCUT2D eigenvalue weighted by atomic mass is 10.1. The molecule has 0 aromatic carbocycles. The van der Waals surface area contributed by atoms with Crippen molar-refractivity contribution in [1.82, 2.24) is 5.32 Å². The molecule has 0 spiro atoms. The van der Waals surface area contributed by atoms with Crippen LogP contribution in [-0.4, -0.2) is 20.3 Å². The molecule has 14 heavy (non-hydrogen) atoms. The van der Waals surface area contributed by atoms with E-state index in [1.165, 1.54) is 5.56 Å². The van der Waals surface area contributed by atoms with E-state index < -0.39 is 0 Å². The first-order valence-electron chi connectivity index (χ1n) is 5.15. The molecule has 0 aliphatic carbocycles. The molecule has 0 fully saturated rings. The number of furan rings is 1. The quantitative estimate of drug-likeness (QED) is 0.681. The van der Waals surface area contributed by atoms with E-state index in [9.17, 15) is 0 Å². The smallest absolute Gasteiger partial charge is 0.0950 e. The fraction of sp³-hybridized carbons (Fsp3) is 0.636. The summed E-state index contributed by atoms with van der Waals surface area (Å²) in [6.07, 6.45) is 5.66. The zero-order valence-corrected chi connectivity index (χ0v) is 8.95. The SMILES string of the molecule is CCOCCCC(NC)c1ccoc1. The maximum atomic E-state index is 5.29. The third-order valence-corrected chi connectivity index (χ3v) is 2.28. The van der Waals surface area contributed by atoms with Crippen molar-refractivity contribution in [2.24, 2.45) is 0 Å². The van der Waals surface area contributed by atoms with Gasteiger partial charge in [-0.1, -0.05) is 0 Å². The van der Waals surface area contributed by atoms with E-state index in [-0.39, 0.29) is 0 Å². The maximum Gasteiger partial charge on any atom is 0.0950 e. The van der Waals surface area contributed by atoms with Crippen molar-refractivity contribution in [3.05, 3.63) is 24.2 Å². The van der Waals surface area contributed by atoms with Gasteiger partial charge in [0.25, 0.3) is 0 Å². The largest absolute Gasteiger partial charge is 0.472 e. The normalized spacial score (nSPS) is 13.0. The van der Waals surface area contributed by atoms with Gasteiger partial charge in [-0.05, 0) is 32.9 Å². The summed E-state index contributed by atoms with van der Waals surface area (Å²) < 4.78 is 10.3. The van der Waals surface area contributed by atoms with E-state index in [0.717, 1.165) is 26.1 Å². The Balaban J connectivity index is 2.26. The van der Waals surface area contributed by atoms with Gasteiger partial charge < -0.3 is 14.5 Å². The fourth-order valence-corrected chi connectivity index (χ4v) is 1.48. The molecule has 0 radical (unpaired) electrons. The van der Waals surface area contributed by atoms with Crippen LogP contribution in [0.5, 0.6) is 0 Å². The van der Waals surface area contributed by atoms with Crippen molar-refractivity contribution < 1.29 is 9.15 Å². The summed E-state index contributed by atoms with van der Waals surface area (Å²) in [7, 11) is 1.97. The molecule has 1 aromatic heterocycles. The third-order valence-electron chi connectivity index (χ3n) is 2.28. The second-order valence-corrected chi connectivity index (χ2v) is 3.24. The van der Waals surface area contributed by atoms with Crippen molar-refractivity contribution in [2.75, 3.05) is 20.3 Å². The molecule has 1 aromatic rings. The van der Waals surface area contributed by atoms with Crippen molar-refractivity contribution in [2.45, 2.75) is 25.8 Å². The van der Waals surface area contributed by atoms with Gasteiger partial charge in [0.15, 0.2) is 0 Å². The number of hydrogen-bond acceptors (Lipinski definition) is 3. The van der Waals surface area contributed by atoms with Crippen LogP contribution in [-0.2, 0) is 4.74 Å². The summed E-state index contributed by atoms with van der Waals surface area (Å²) in [5.41, 5.74) is 1.21. The second kappa shape index (κ2) is 6.62. The van der Waals surface area contributed by atoms with E-state index >= 15 is 0 Å². The van der Waals surface area contributed by atoms with Gasteiger partial charge in [-0.3, -0.25) is 0 Å². The second-order valence-electron chi connectivity index (χ2n) is 3.24. The van der Waals surface area contributed by atoms with Crippen LogP contribution >= 0.6 is 0 Å². The minimum Gasteiger partial charge on any atom is -0.472 e. The molecule has 3 nitrogen and oxygen atoms in total. The molecule has 0 amide bonds. The van der Waals surface area contributed by atoms with E-state index in [1.807, 2.05) is 20.0 Å². The van der Waals surface area contributed by atoms with Crippen LogP contribution in [0.3, 0.4) is 0 Å². The molecule has 1 heterocycles. The zero-order chi connectivity index (χ0) is 10.2. The average molecular weight is 197 g/mol. The first kappa shape index (κ1) is 11.3. The Labute approximate surface area is 85.4 Å². The molecule has 0 saturated carbocycles. The van der Waals surface area contributed by atoms with Gasteiger partial charge in [0.05, 0.1) is 12.5 Å². The first-order chi connectivity index (χ1) is 6.88. The molecule has 0 aliphatic heterocycles. The Morgan fingerprint density at radius 3 is 3.00 bits per heavy atom. The van der Waals surface area contributed by atoms with Gasteiger partial charge in [-0.15, -0.1) is 0 Å². The number of ether oxygens (including phenoxy) is 1. The van der Waals surface area contributed by atoms with Crippen molar-refractivity contribution in [3.63, 3.8) is 0 Å². The molecule has 0 bridgehead atoms. The van der Waals surface area contributed by atoms with E-state index in [2.05, 4.69) is 5.32 Å².